The third-order valence-electron chi connectivity index (χ3n) is 12.4. The smallest absolute Gasteiger partial charge is 0.311 e. The number of methoxy groups -OCH3 is 1. The fourth-order valence-electron chi connectivity index (χ4n) is 9.13. The van der Waals surface area contributed by atoms with Gasteiger partial charge in [-0.05, 0) is 81.5 Å². The first kappa shape index (κ1) is 35.1. The number of nitrogens with zero attached hydrogens (tertiary/aromatic N) is 7. The van der Waals surface area contributed by atoms with Crippen LogP contribution in [0.5, 0.6) is 5.75 Å². The Balaban J connectivity index is 0.849. The Labute approximate surface area is 307 Å². The fraction of sp³-hybridized carbons (Fsp3) is 0.513. The molecule has 4 saturated heterocycles. The highest BCUT2D eigenvalue weighted by molar-refractivity contribution is 6.00. The van der Waals surface area contributed by atoms with E-state index in [1.54, 1.807) is 29.2 Å². The van der Waals surface area contributed by atoms with Crippen LogP contribution in [0.3, 0.4) is 0 Å². The number of piperidine rings is 4. The van der Waals surface area contributed by atoms with Crippen molar-refractivity contribution in [3.8, 4) is 16.9 Å². The van der Waals surface area contributed by atoms with Crippen molar-refractivity contribution in [1.82, 2.24) is 24.6 Å². The molecule has 53 heavy (non-hydrogen) atoms. The number of nitro groups is 1. The van der Waals surface area contributed by atoms with Gasteiger partial charge in [0.2, 0.25) is 11.8 Å². The van der Waals surface area contributed by atoms with Crippen LogP contribution in [0.15, 0.2) is 49.1 Å². The molecule has 2 aromatic heterocycles. The predicted molar refractivity (Wildman–Crippen MR) is 200 cm³/mol. The van der Waals surface area contributed by atoms with E-state index in [0.717, 1.165) is 99.1 Å². The number of carbonyl (C=O) groups is 2. The van der Waals surface area contributed by atoms with E-state index < -0.39 is 11.0 Å². The second-order valence-electron chi connectivity index (χ2n) is 15.5. The fourth-order valence-corrected chi connectivity index (χ4v) is 9.13. The normalized spacial score (nSPS) is 21.4. The lowest BCUT2D eigenvalue weighted by Gasteiger charge is -2.48. The van der Waals surface area contributed by atoms with Crippen LogP contribution in [0.2, 0.25) is 0 Å². The van der Waals surface area contributed by atoms with Crippen LogP contribution in [0, 0.1) is 27.3 Å². The molecule has 13 nitrogen and oxygen atoms in total. The largest absolute Gasteiger partial charge is 0.490 e. The van der Waals surface area contributed by atoms with Crippen molar-refractivity contribution in [2.45, 2.75) is 57.4 Å². The molecule has 0 bridgehead atoms. The molecule has 4 aliphatic rings. The van der Waals surface area contributed by atoms with Crippen LogP contribution in [0.4, 0.5) is 21.5 Å². The first-order valence-corrected chi connectivity index (χ1v) is 18.8. The monoisotopic (exact) mass is 726 g/mol. The quantitative estimate of drug-likeness (QED) is 0.139. The number of fused-ring (bicyclic) bond motifs is 1. The van der Waals surface area contributed by atoms with E-state index in [1.165, 1.54) is 20.0 Å². The van der Waals surface area contributed by atoms with Gasteiger partial charge in [-0.3, -0.25) is 29.7 Å². The standard InChI is InChI=1S/C39H47FN8O5/c1-43-23-29(21-41-43)30-19-35(48(51)52)36(53-2)20-33(30)46-15-9-39(10-16-46)7-13-44(14-8-39)22-26-5-11-45(12-6-26)34-18-28-25-47(24-27(28)17-31(34)40)32-3-4-37(49)42-38(32)50/h17-21,23-26,32H,3-16,22H2,1-2H3,(H,42,49,50). The van der Waals surface area contributed by atoms with Crippen LogP contribution in [0.25, 0.3) is 21.9 Å². The van der Waals surface area contributed by atoms with E-state index in [4.69, 9.17) is 4.74 Å². The molecule has 0 radical (unpaired) electrons. The Bertz CT molecular complexity index is 2030. The zero-order valence-corrected chi connectivity index (χ0v) is 30.4. The van der Waals surface area contributed by atoms with Crippen molar-refractivity contribution in [1.29, 1.82) is 0 Å². The predicted octanol–water partition coefficient (Wildman–Crippen LogP) is 5.67. The van der Waals surface area contributed by atoms with Gasteiger partial charge in [-0.25, -0.2) is 4.39 Å². The van der Waals surface area contributed by atoms with Crippen molar-refractivity contribution in [3.63, 3.8) is 0 Å². The van der Waals surface area contributed by atoms with Crippen LogP contribution >= 0.6 is 0 Å². The van der Waals surface area contributed by atoms with Crippen LogP contribution < -0.4 is 19.9 Å². The lowest BCUT2D eigenvalue weighted by Crippen LogP contribution is -2.48. The molecule has 8 rings (SSSR count). The topological polar surface area (TPSA) is 131 Å². The number of aromatic nitrogens is 3. The minimum Gasteiger partial charge on any atom is -0.490 e. The number of amides is 2. The number of imide groups is 1. The molecule has 2 amide bonds. The maximum atomic E-state index is 15.4. The molecule has 4 aromatic rings. The van der Waals surface area contributed by atoms with Gasteiger partial charge >= 0.3 is 5.69 Å². The summed E-state index contributed by atoms with van der Waals surface area (Å²) in [6, 6.07) is 6.45. The van der Waals surface area contributed by atoms with Crippen molar-refractivity contribution < 1.29 is 23.6 Å². The molecule has 0 saturated carbocycles. The molecule has 14 heteroatoms. The van der Waals surface area contributed by atoms with Crippen molar-refractivity contribution in [2.24, 2.45) is 18.4 Å². The molecule has 4 fully saturated rings. The van der Waals surface area contributed by atoms with Gasteiger partial charge in [0.25, 0.3) is 0 Å². The molecular formula is C39H47FN8O5. The number of halogens is 1. The average Bonchev–Trinajstić information content (AvgIpc) is 3.78. The number of aryl methyl sites for hydroxylation is 1. The highest BCUT2D eigenvalue weighted by Gasteiger charge is 2.39. The van der Waals surface area contributed by atoms with Crippen LogP contribution in [-0.2, 0) is 16.6 Å². The summed E-state index contributed by atoms with van der Waals surface area (Å²) < 4.78 is 24.4. The van der Waals surface area contributed by atoms with E-state index in [2.05, 4.69) is 25.1 Å². The second-order valence-corrected chi connectivity index (χ2v) is 15.5. The van der Waals surface area contributed by atoms with E-state index in [9.17, 15) is 19.7 Å². The Hall–Kier alpha value is -4.98. The molecule has 1 spiro atoms. The second kappa shape index (κ2) is 14.1. The summed E-state index contributed by atoms with van der Waals surface area (Å²) in [4.78, 5) is 42.6. The Morgan fingerprint density at radius 1 is 0.925 bits per heavy atom. The number of anilines is 2. The van der Waals surface area contributed by atoms with Crippen molar-refractivity contribution in [3.05, 3.63) is 65.0 Å². The Morgan fingerprint density at radius 2 is 1.60 bits per heavy atom. The number of nitrogens with one attached hydrogen (secondary N) is 1. The van der Waals surface area contributed by atoms with Crippen LogP contribution in [0.1, 0.15) is 57.4 Å². The maximum absolute atomic E-state index is 15.4. The molecular weight excluding hydrogens is 679 g/mol. The van der Waals surface area contributed by atoms with E-state index in [1.807, 2.05) is 36.1 Å². The molecule has 1 unspecified atom stereocenters. The Kier molecular flexibility index (Phi) is 9.33. The first-order valence-electron chi connectivity index (χ1n) is 18.8. The minimum absolute atomic E-state index is 0.0467. The average molecular weight is 727 g/mol. The molecule has 1 N–H and O–H groups in total. The summed E-state index contributed by atoms with van der Waals surface area (Å²) in [5, 5.41) is 20.2. The zero-order chi connectivity index (χ0) is 36.9. The number of hydrogen-bond donors (Lipinski definition) is 1. The van der Waals surface area contributed by atoms with Crippen molar-refractivity contribution in [2.75, 3.05) is 62.7 Å². The number of ether oxygens (including phenoxy) is 1. The summed E-state index contributed by atoms with van der Waals surface area (Å²) in [7, 11) is 3.32. The van der Waals surface area contributed by atoms with Gasteiger partial charge < -0.3 is 24.0 Å². The number of hydrogen-bond acceptors (Lipinski definition) is 9. The molecule has 1 atom stereocenters. The number of benzene rings is 2. The number of nitro benzene ring substituents is 1. The van der Waals surface area contributed by atoms with Gasteiger partial charge in [0.15, 0.2) is 5.75 Å². The number of likely N-dealkylation sites (tertiary alicyclic amines) is 1. The van der Waals surface area contributed by atoms with Crippen molar-refractivity contribution >= 4 is 39.6 Å². The van der Waals surface area contributed by atoms with Crippen LogP contribution in [-0.4, -0.2) is 88.9 Å². The van der Waals surface area contributed by atoms with Gasteiger partial charge in [0.05, 0.1) is 23.9 Å². The molecule has 280 valence electrons. The summed E-state index contributed by atoms with van der Waals surface area (Å²) in [5.41, 5.74) is 3.47. The van der Waals surface area contributed by atoms with E-state index >= 15 is 4.39 Å². The highest BCUT2D eigenvalue weighted by atomic mass is 19.1. The van der Waals surface area contributed by atoms with Gasteiger partial charge in [-0.1, -0.05) is 0 Å². The lowest BCUT2D eigenvalue weighted by atomic mass is 9.71. The first-order chi connectivity index (χ1) is 25.6. The number of rotatable bonds is 8. The molecule has 0 aliphatic carbocycles. The molecule has 2 aromatic carbocycles. The molecule has 6 heterocycles. The van der Waals surface area contributed by atoms with E-state index in [0.29, 0.717) is 29.9 Å². The van der Waals surface area contributed by atoms with Gasteiger partial charge in [0, 0.05) is 105 Å². The lowest BCUT2D eigenvalue weighted by molar-refractivity contribution is -0.385. The zero-order valence-electron chi connectivity index (χ0n) is 30.4. The highest BCUT2D eigenvalue weighted by Crippen LogP contribution is 2.46. The molecule has 4 aliphatic heterocycles. The Morgan fingerprint density at radius 3 is 2.25 bits per heavy atom. The summed E-state index contributed by atoms with van der Waals surface area (Å²) in [5.74, 6) is 0.0394. The minimum atomic E-state index is -0.460. The summed E-state index contributed by atoms with van der Waals surface area (Å²) in [6.45, 7) is 6.63. The van der Waals surface area contributed by atoms with E-state index in [-0.39, 0.29) is 29.1 Å². The van der Waals surface area contributed by atoms with Gasteiger partial charge in [-0.2, -0.15) is 5.10 Å². The number of carbonyl (C=O) groups excluding carboxylic acids is 2. The van der Waals surface area contributed by atoms with Gasteiger partial charge in [-0.15, -0.1) is 0 Å². The summed E-state index contributed by atoms with van der Waals surface area (Å²) in [6.07, 6.45) is 14.6. The maximum Gasteiger partial charge on any atom is 0.311 e. The third kappa shape index (κ3) is 6.96. The SMILES string of the molecule is COc1cc(N2CCC3(CCN(CC4CCN(c5cc6cn(C7CCC(=O)NC7=O)cc6cc5F)CC4)CC3)CC2)c(-c2cnn(C)c2)cc1[N+](=O)[O-]. The van der Waals surface area contributed by atoms with Gasteiger partial charge in [0.1, 0.15) is 11.9 Å². The summed E-state index contributed by atoms with van der Waals surface area (Å²) >= 11 is 0. The third-order valence-corrected chi connectivity index (χ3v) is 12.4.